The molecule has 2 amide bonds. The number of ether oxygens (including phenoxy) is 2. The minimum atomic E-state index is -1.05. The van der Waals surface area contributed by atoms with Gasteiger partial charge in [0.1, 0.15) is 17.7 Å². The van der Waals surface area contributed by atoms with Crippen molar-refractivity contribution < 1.29 is 34.1 Å². The number of carboxylic acid groups (broad SMARTS) is 1. The van der Waals surface area contributed by atoms with Crippen molar-refractivity contribution in [2.75, 3.05) is 20.3 Å². The second-order valence-corrected chi connectivity index (χ2v) is 16.2. The highest BCUT2D eigenvalue weighted by Gasteiger charge is 2.34. The van der Waals surface area contributed by atoms with Crippen LogP contribution in [0.25, 0.3) is 33.4 Å². The summed E-state index contributed by atoms with van der Waals surface area (Å²) in [4.78, 5) is 48.0. The third-order valence-electron chi connectivity index (χ3n) is 9.37. The monoisotopic (exact) mass is 748 g/mol. The molecule has 14 heteroatoms. The molecule has 1 aliphatic rings. The lowest BCUT2D eigenvalue weighted by Crippen LogP contribution is -2.60. The minimum Gasteiger partial charge on any atom is -0.480 e. The molecule has 0 radical (unpaired) electrons. The van der Waals surface area contributed by atoms with Gasteiger partial charge in [-0.25, -0.2) is 15.2 Å². The minimum absolute atomic E-state index is 0.00980. The topological polar surface area (TPSA) is 168 Å². The van der Waals surface area contributed by atoms with E-state index in [0.29, 0.717) is 43.1 Å². The second kappa shape index (κ2) is 16.3. The standard InChI is InChI=1S/C39H52N6O7S/c1-9-44-31-15-14-24(18-26(31)27(20-39(6,7)22-46)34(44)25-12-10-16-40-33(25)23(2)51-8)30-21-53-32(41-30)19-29(42-37(50)52-38(3,4)5)35(47)45-17-11-13-28(43-45)36(48)49/h10,12,14-16,18,21,23,28-29,43,46H,9,11,13,17,19-20,22H2,1-8H3,(H,42,50)(H,48,49)/t23-,28?,29-/m0/s1. The van der Waals surface area contributed by atoms with Gasteiger partial charge in [-0.15, -0.1) is 11.3 Å². The summed E-state index contributed by atoms with van der Waals surface area (Å²) < 4.78 is 13.5. The molecule has 1 saturated heterocycles. The second-order valence-electron chi connectivity index (χ2n) is 15.3. The molecule has 0 spiro atoms. The number of thiazole rings is 1. The number of carboxylic acids is 1. The SMILES string of the molecule is CCn1c(-c2cccnc2[C@H](C)OC)c(CC(C)(C)CO)c2cc(-c3csc(C[C@H](NC(=O)OC(C)(C)C)C(=O)N4CCCC(C(=O)O)N4)n3)ccc21. The number of fused-ring (bicyclic) bond motifs is 1. The fraction of sp³-hybridized carbons (Fsp3) is 0.513. The van der Waals surface area contributed by atoms with E-state index in [9.17, 15) is 24.6 Å². The van der Waals surface area contributed by atoms with E-state index < -0.39 is 41.1 Å². The number of amides is 2. The van der Waals surface area contributed by atoms with E-state index in [1.807, 2.05) is 24.4 Å². The highest BCUT2D eigenvalue weighted by atomic mass is 32.1. The third-order valence-corrected chi connectivity index (χ3v) is 10.2. The van der Waals surface area contributed by atoms with Crippen LogP contribution in [-0.4, -0.2) is 85.7 Å². The lowest BCUT2D eigenvalue weighted by atomic mass is 9.84. The first-order valence-corrected chi connectivity index (χ1v) is 18.9. The Bertz CT molecular complexity index is 1950. The van der Waals surface area contributed by atoms with Gasteiger partial charge in [-0.05, 0) is 89.1 Å². The van der Waals surface area contributed by atoms with Crippen LogP contribution >= 0.6 is 11.3 Å². The van der Waals surface area contributed by atoms with E-state index >= 15 is 0 Å². The number of aliphatic carboxylic acids is 1. The molecule has 0 bridgehead atoms. The van der Waals surface area contributed by atoms with Crippen molar-refractivity contribution in [3.8, 4) is 22.5 Å². The Kier molecular flexibility index (Phi) is 12.3. The van der Waals surface area contributed by atoms with Crippen molar-refractivity contribution >= 4 is 40.2 Å². The number of hydrazine groups is 1. The van der Waals surface area contributed by atoms with Gasteiger partial charge in [0.05, 0.1) is 28.2 Å². The Morgan fingerprint density at radius 1 is 1.17 bits per heavy atom. The van der Waals surface area contributed by atoms with E-state index in [1.54, 1.807) is 34.1 Å². The van der Waals surface area contributed by atoms with Crippen LogP contribution in [0, 0.1) is 5.41 Å². The number of pyridine rings is 1. The van der Waals surface area contributed by atoms with Gasteiger partial charge in [-0.1, -0.05) is 19.9 Å². The molecule has 3 aromatic heterocycles. The third kappa shape index (κ3) is 9.23. The van der Waals surface area contributed by atoms with E-state index in [1.165, 1.54) is 16.3 Å². The summed E-state index contributed by atoms with van der Waals surface area (Å²) in [6, 6.07) is 8.32. The van der Waals surface area contributed by atoms with Gasteiger partial charge in [-0.3, -0.25) is 19.6 Å². The van der Waals surface area contributed by atoms with Crippen molar-refractivity contribution in [2.24, 2.45) is 5.41 Å². The van der Waals surface area contributed by atoms with Gasteiger partial charge in [0.25, 0.3) is 5.91 Å². The molecular formula is C39H52N6O7S. The Hall–Kier alpha value is -4.37. The Morgan fingerprint density at radius 3 is 2.58 bits per heavy atom. The largest absolute Gasteiger partial charge is 0.480 e. The number of nitrogens with one attached hydrogen (secondary N) is 2. The summed E-state index contributed by atoms with van der Waals surface area (Å²) in [6.07, 6.45) is 2.37. The molecular weight excluding hydrogens is 697 g/mol. The quantitative estimate of drug-likeness (QED) is 0.125. The number of carbonyl (C=O) groups excluding carboxylic acids is 2. The van der Waals surface area contributed by atoms with Gasteiger partial charge in [0, 0.05) is 66.8 Å². The number of aryl methyl sites for hydroxylation is 1. The number of aliphatic hydroxyl groups is 1. The van der Waals surface area contributed by atoms with Gasteiger partial charge >= 0.3 is 12.1 Å². The average molecular weight is 749 g/mol. The molecule has 1 fully saturated rings. The fourth-order valence-corrected chi connectivity index (χ4v) is 7.51. The Labute approximate surface area is 314 Å². The van der Waals surface area contributed by atoms with Crippen LogP contribution in [0.2, 0.25) is 0 Å². The first-order chi connectivity index (χ1) is 25.1. The number of aliphatic hydroxyl groups excluding tert-OH is 1. The normalized spacial score (nSPS) is 16.4. The number of alkyl carbamates (subject to hydrolysis) is 1. The smallest absolute Gasteiger partial charge is 0.408 e. The predicted octanol–water partition coefficient (Wildman–Crippen LogP) is 6.13. The van der Waals surface area contributed by atoms with Crippen molar-refractivity contribution in [3.05, 3.63) is 58.2 Å². The number of methoxy groups -OCH3 is 1. The van der Waals surface area contributed by atoms with Gasteiger partial charge in [-0.2, -0.15) is 0 Å². The maximum absolute atomic E-state index is 13.8. The molecule has 1 unspecified atom stereocenters. The summed E-state index contributed by atoms with van der Waals surface area (Å²) in [5.74, 6) is -1.52. The molecule has 1 aliphatic heterocycles. The number of rotatable bonds is 13. The van der Waals surface area contributed by atoms with E-state index in [0.717, 1.165) is 39.0 Å². The zero-order chi connectivity index (χ0) is 38.7. The number of hydrogen-bond acceptors (Lipinski definition) is 10. The Balaban J connectivity index is 1.54. The van der Waals surface area contributed by atoms with Gasteiger partial charge in [0.15, 0.2) is 0 Å². The van der Waals surface area contributed by atoms with Gasteiger partial charge in [0.2, 0.25) is 0 Å². The number of aromatic nitrogens is 3. The van der Waals surface area contributed by atoms with Crippen molar-refractivity contribution in [1.29, 1.82) is 0 Å². The summed E-state index contributed by atoms with van der Waals surface area (Å²) in [7, 11) is 1.67. The predicted molar refractivity (Wildman–Crippen MR) is 204 cm³/mol. The molecule has 3 atom stereocenters. The van der Waals surface area contributed by atoms with E-state index in [4.69, 9.17) is 19.4 Å². The number of benzene rings is 1. The lowest BCUT2D eigenvalue weighted by Gasteiger charge is -2.34. The summed E-state index contributed by atoms with van der Waals surface area (Å²) in [6.45, 7) is 14.4. The number of nitrogens with zero attached hydrogens (tertiary/aromatic N) is 4. The molecule has 4 aromatic rings. The molecule has 4 heterocycles. The highest BCUT2D eigenvalue weighted by molar-refractivity contribution is 7.10. The summed E-state index contributed by atoms with van der Waals surface area (Å²) in [5, 5.41) is 27.5. The van der Waals surface area contributed by atoms with Crippen LogP contribution in [0.4, 0.5) is 4.79 Å². The zero-order valence-electron chi connectivity index (χ0n) is 31.9. The maximum atomic E-state index is 13.8. The molecule has 53 heavy (non-hydrogen) atoms. The average Bonchev–Trinajstić information content (AvgIpc) is 3.71. The van der Waals surface area contributed by atoms with Crippen LogP contribution in [0.5, 0.6) is 0 Å². The number of carbonyl (C=O) groups is 3. The Morgan fingerprint density at radius 2 is 1.92 bits per heavy atom. The molecule has 4 N–H and O–H groups in total. The van der Waals surface area contributed by atoms with Crippen molar-refractivity contribution in [3.63, 3.8) is 0 Å². The van der Waals surface area contributed by atoms with Crippen LogP contribution in [0.1, 0.15) is 83.7 Å². The first kappa shape index (κ1) is 39.8. The van der Waals surface area contributed by atoms with Crippen molar-refractivity contribution in [1.82, 2.24) is 30.3 Å². The highest BCUT2D eigenvalue weighted by Crippen LogP contribution is 2.41. The summed E-state index contributed by atoms with van der Waals surface area (Å²) >= 11 is 1.37. The molecule has 5 rings (SSSR count). The lowest BCUT2D eigenvalue weighted by molar-refractivity contribution is -0.147. The first-order valence-electron chi connectivity index (χ1n) is 18.0. The molecule has 0 aliphatic carbocycles. The van der Waals surface area contributed by atoms with Gasteiger partial charge < -0.3 is 29.6 Å². The van der Waals surface area contributed by atoms with Crippen LogP contribution in [-0.2, 0) is 38.4 Å². The fourth-order valence-electron chi connectivity index (χ4n) is 6.66. The van der Waals surface area contributed by atoms with Crippen LogP contribution in [0.15, 0.2) is 41.9 Å². The maximum Gasteiger partial charge on any atom is 0.408 e. The molecule has 13 nitrogen and oxygen atoms in total. The van der Waals surface area contributed by atoms with Crippen LogP contribution in [0.3, 0.4) is 0 Å². The zero-order valence-corrected chi connectivity index (χ0v) is 32.7. The molecule has 0 saturated carbocycles. The number of hydrogen-bond donors (Lipinski definition) is 4. The van der Waals surface area contributed by atoms with E-state index in [-0.39, 0.29) is 19.1 Å². The summed E-state index contributed by atoms with van der Waals surface area (Å²) in [5.41, 5.74) is 8.19. The van der Waals surface area contributed by atoms with E-state index in [2.05, 4.69) is 54.3 Å². The van der Waals surface area contributed by atoms with Crippen molar-refractivity contribution in [2.45, 2.75) is 104 Å². The van der Waals surface area contributed by atoms with Crippen LogP contribution < -0.4 is 10.7 Å². The molecule has 1 aromatic carbocycles. The molecule has 286 valence electrons.